The molecule has 0 saturated heterocycles. The first-order valence-electron chi connectivity index (χ1n) is 8.34. The van der Waals surface area contributed by atoms with Gasteiger partial charge in [0, 0.05) is 16.8 Å². The fourth-order valence-electron chi connectivity index (χ4n) is 2.74. The van der Waals surface area contributed by atoms with E-state index in [0.29, 0.717) is 10.9 Å². The average Bonchev–Trinajstić information content (AvgIpc) is 2.62. The van der Waals surface area contributed by atoms with Gasteiger partial charge in [0.05, 0.1) is 11.1 Å². The number of hydrogen-bond donors (Lipinski definition) is 1. The van der Waals surface area contributed by atoms with Crippen molar-refractivity contribution in [3.63, 3.8) is 0 Å². The van der Waals surface area contributed by atoms with Crippen LogP contribution in [-0.2, 0) is 9.53 Å². The van der Waals surface area contributed by atoms with Crippen molar-refractivity contribution >= 4 is 28.5 Å². The van der Waals surface area contributed by atoms with Crippen molar-refractivity contribution in [3.05, 3.63) is 70.9 Å². The van der Waals surface area contributed by atoms with Gasteiger partial charge in [0.25, 0.3) is 5.91 Å². The van der Waals surface area contributed by atoms with Gasteiger partial charge in [-0.05, 0) is 50.1 Å². The number of rotatable bonds is 4. The summed E-state index contributed by atoms with van der Waals surface area (Å²) in [6, 6.07) is 14.8. The minimum atomic E-state index is -0.539. The summed E-state index contributed by atoms with van der Waals surface area (Å²) in [5, 5.41) is 3.48. The van der Waals surface area contributed by atoms with Gasteiger partial charge in [-0.1, -0.05) is 30.3 Å². The van der Waals surface area contributed by atoms with E-state index in [4.69, 9.17) is 4.74 Å². The molecule has 0 unspecified atom stereocenters. The number of para-hydroxylation sites is 1. The first-order chi connectivity index (χ1) is 12.4. The Kier molecular flexibility index (Phi) is 4.98. The fraction of sp³-hybridized carbons (Fsp3) is 0.190. The molecule has 0 radical (unpaired) electrons. The molecule has 0 aliphatic heterocycles. The third kappa shape index (κ3) is 3.88. The maximum absolute atomic E-state index is 12.5. The van der Waals surface area contributed by atoms with Crippen LogP contribution in [0.5, 0.6) is 0 Å². The number of carbonyl (C=O) groups is 2. The number of anilines is 1. The molecule has 0 atom stereocenters. The molecule has 1 aromatic heterocycles. The van der Waals surface area contributed by atoms with Gasteiger partial charge in [0.15, 0.2) is 6.61 Å². The lowest BCUT2D eigenvalue weighted by Crippen LogP contribution is -2.21. The van der Waals surface area contributed by atoms with E-state index in [1.807, 2.05) is 63.2 Å². The number of nitrogens with one attached hydrogen (secondary N) is 1. The van der Waals surface area contributed by atoms with Crippen molar-refractivity contribution in [3.8, 4) is 0 Å². The van der Waals surface area contributed by atoms with Gasteiger partial charge in [0.1, 0.15) is 0 Å². The predicted molar refractivity (Wildman–Crippen MR) is 101 cm³/mol. The molecule has 0 aliphatic carbocycles. The van der Waals surface area contributed by atoms with E-state index in [-0.39, 0.29) is 12.5 Å². The molecule has 3 rings (SSSR count). The maximum atomic E-state index is 12.5. The molecule has 3 aromatic rings. The molecule has 132 valence electrons. The highest BCUT2D eigenvalue weighted by Gasteiger charge is 2.15. The minimum Gasteiger partial charge on any atom is -0.452 e. The van der Waals surface area contributed by atoms with Crippen LogP contribution >= 0.6 is 0 Å². The molecular formula is C21H20N2O3. The van der Waals surface area contributed by atoms with E-state index in [1.54, 1.807) is 6.07 Å². The summed E-state index contributed by atoms with van der Waals surface area (Å²) < 4.78 is 5.22. The van der Waals surface area contributed by atoms with Gasteiger partial charge in [-0.15, -0.1) is 0 Å². The molecule has 0 spiro atoms. The third-order valence-corrected chi connectivity index (χ3v) is 4.07. The van der Waals surface area contributed by atoms with Crippen molar-refractivity contribution in [2.45, 2.75) is 20.8 Å². The van der Waals surface area contributed by atoms with Crippen LogP contribution in [0.25, 0.3) is 10.9 Å². The second-order valence-corrected chi connectivity index (χ2v) is 6.27. The van der Waals surface area contributed by atoms with Crippen LogP contribution in [0.2, 0.25) is 0 Å². The molecule has 1 heterocycles. The number of carbonyl (C=O) groups excluding carboxylic acids is 2. The molecule has 5 nitrogen and oxygen atoms in total. The predicted octanol–water partition coefficient (Wildman–Crippen LogP) is 3.96. The van der Waals surface area contributed by atoms with Gasteiger partial charge in [-0.25, -0.2) is 4.79 Å². The highest BCUT2D eigenvalue weighted by atomic mass is 16.5. The maximum Gasteiger partial charge on any atom is 0.339 e. The van der Waals surface area contributed by atoms with Crippen molar-refractivity contribution in [1.82, 2.24) is 4.98 Å². The van der Waals surface area contributed by atoms with E-state index >= 15 is 0 Å². The van der Waals surface area contributed by atoms with Crippen LogP contribution in [0.3, 0.4) is 0 Å². The summed E-state index contributed by atoms with van der Waals surface area (Å²) in [7, 11) is 0. The number of benzene rings is 2. The molecule has 2 aromatic carbocycles. The number of ether oxygens (including phenoxy) is 1. The molecular weight excluding hydrogens is 328 g/mol. The Morgan fingerprint density at radius 1 is 1.04 bits per heavy atom. The molecule has 5 heteroatoms. The second-order valence-electron chi connectivity index (χ2n) is 6.27. The van der Waals surface area contributed by atoms with Crippen molar-refractivity contribution in [1.29, 1.82) is 0 Å². The minimum absolute atomic E-state index is 0.345. The zero-order chi connectivity index (χ0) is 18.7. The summed E-state index contributed by atoms with van der Waals surface area (Å²) in [6.07, 6.45) is 0. The highest BCUT2D eigenvalue weighted by Crippen LogP contribution is 2.19. The Morgan fingerprint density at radius 2 is 1.81 bits per heavy atom. The Bertz CT molecular complexity index is 996. The SMILES string of the molecule is Cc1ccc(C)c(NC(=O)COC(=O)c2cc(C)nc3ccccc23)c1. The number of hydrogen-bond acceptors (Lipinski definition) is 4. The number of esters is 1. The Balaban J connectivity index is 1.71. The van der Waals surface area contributed by atoms with Gasteiger partial charge < -0.3 is 10.1 Å². The topological polar surface area (TPSA) is 68.3 Å². The van der Waals surface area contributed by atoms with Crippen LogP contribution in [-0.4, -0.2) is 23.5 Å². The molecule has 26 heavy (non-hydrogen) atoms. The van der Waals surface area contributed by atoms with Crippen LogP contribution in [0, 0.1) is 20.8 Å². The van der Waals surface area contributed by atoms with Crippen LogP contribution in [0.15, 0.2) is 48.5 Å². The number of pyridine rings is 1. The van der Waals surface area contributed by atoms with Crippen LogP contribution < -0.4 is 5.32 Å². The van der Waals surface area contributed by atoms with E-state index in [1.165, 1.54) is 0 Å². The zero-order valence-electron chi connectivity index (χ0n) is 15.0. The average molecular weight is 348 g/mol. The standard InChI is InChI=1S/C21H20N2O3/c1-13-8-9-14(2)19(10-13)23-20(24)12-26-21(25)17-11-15(3)22-18-7-5-4-6-16(17)18/h4-11H,12H2,1-3H3,(H,23,24). The first-order valence-corrected chi connectivity index (χ1v) is 8.34. The van der Waals surface area contributed by atoms with Gasteiger partial charge in [-0.2, -0.15) is 0 Å². The number of amides is 1. The molecule has 1 N–H and O–H groups in total. The smallest absolute Gasteiger partial charge is 0.339 e. The quantitative estimate of drug-likeness (QED) is 0.725. The van der Waals surface area contributed by atoms with E-state index in [9.17, 15) is 9.59 Å². The molecule has 0 saturated carbocycles. The first kappa shape index (κ1) is 17.6. The van der Waals surface area contributed by atoms with E-state index in [2.05, 4.69) is 10.3 Å². The molecule has 0 aliphatic rings. The number of aromatic nitrogens is 1. The van der Waals surface area contributed by atoms with Crippen molar-refractivity contribution < 1.29 is 14.3 Å². The van der Waals surface area contributed by atoms with Crippen molar-refractivity contribution in [2.75, 3.05) is 11.9 Å². The lowest BCUT2D eigenvalue weighted by molar-refractivity contribution is -0.119. The number of nitrogens with zero attached hydrogens (tertiary/aromatic N) is 1. The van der Waals surface area contributed by atoms with Crippen molar-refractivity contribution in [2.24, 2.45) is 0 Å². The Morgan fingerprint density at radius 3 is 2.62 bits per heavy atom. The van der Waals surface area contributed by atoms with Crippen LogP contribution in [0.4, 0.5) is 5.69 Å². The van der Waals surface area contributed by atoms with Gasteiger partial charge in [0.2, 0.25) is 0 Å². The Hall–Kier alpha value is -3.21. The summed E-state index contributed by atoms with van der Waals surface area (Å²) >= 11 is 0. The number of fused-ring (bicyclic) bond motifs is 1. The molecule has 0 bridgehead atoms. The van der Waals surface area contributed by atoms with E-state index in [0.717, 1.165) is 28.0 Å². The van der Waals surface area contributed by atoms with Crippen LogP contribution in [0.1, 0.15) is 27.2 Å². The summed E-state index contributed by atoms with van der Waals surface area (Å²) in [5.74, 6) is -0.912. The Labute approximate surface area is 152 Å². The second kappa shape index (κ2) is 7.35. The summed E-state index contributed by atoms with van der Waals surface area (Å²) in [5.41, 5.74) is 4.56. The zero-order valence-corrected chi connectivity index (χ0v) is 15.0. The lowest BCUT2D eigenvalue weighted by atomic mass is 10.1. The van der Waals surface area contributed by atoms with E-state index < -0.39 is 5.97 Å². The largest absolute Gasteiger partial charge is 0.452 e. The van der Waals surface area contributed by atoms with Gasteiger partial charge >= 0.3 is 5.97 Å². The molecule has 0 fully saturated rings. The summed E-state index contributed by atoms with van der Waals surface area (Å²) in [6.45, 7) is 5.33. The highest BCUT2D eigenvalue weighted by molar-refractivity contribution is 6.04. The summed E-state index contributed by atoms with van der Waals surface area (Å²) in [4.78, 5) is 29.0. The third-order valence-electron chi connectivity index (χ3n) is 4.07. The molecule has 1 amide bonds. The number of aryl methyl sites for hydroxylation is 3. The van der Waals surface area contributed by atoms with Gasteiger partial charge in [-0.3, -0.25) is 9.78 Å². The lowest BCUT2D eigenvalue weighted by Gasteiger charge is -2.11. The normalized spacial score (nSPS) is 10.6. The fourth-order valence-corrected chi connectivity index (χ4v) is 2.74. The monoisotopic (exact) mass is 348 g/mol.